The molecule has 0 amide bonds. The predicted octanol–water partition coefficient (Wildman–Crippen LogP) is 1.85. The maximum Gasteiger partial charge on any atom is 0.143 e. The fourth-order valence-electron chi connectivity index (χ4n) is 1.95. The van der Waals surface area contributed by atoms with Gasteiger partial charge in [0.2, 0.25) is 0 Å². The minimum absolute atomic E-state index is 0.296. The number of ketones is 1. The minimum Gasteiger partial charge on any atom is -0.299 e. The predicted molar refractivity (Wildman–Crippen MR) is 60.9 cm³/mol. The Morgan fingerprint density at radius 2 is 2.31 bits per heavy atom. The number of aromatic nitrogens is 3. The molecule has 0 radical (unpaired) electrons. The molecule has 1 aromatic rings. The Morgan fingerprint density at radius 3 is 2.88 bits per heavy atom. The summed E-state index contributed by atoms with van der Waals surface area (Å²) in [5.41, 5.74) is 0. The Labute approximate surface area is 96.1 Å². The molecular formula is C12H19N3O. The van der Waals surface area contributed by atoms with Crippen molar-refractivity contribution in [2.45, 2.75) is 46.1 Å². The van der Waals surface area contributed by atoms with Crippen molar-refractivity contribution in [1.82, 2.24) is 14.8 Å². The van der Waals surface area contributed by atoms with Gasteiger partial charge in [0.1, 0.15) is 17.9 Å². The van der Waals surface area contributed by atoms with Crippen LogP contribution in [0.4, 0.5) is 0 Å². The van der Waals surface area contributed by atoms with Crippen molar-refractivity contribution in [3.05, 3.63) is 12.2 Å². The number of carbonyl (C=O) groups is 1. The molecule has 1 aliphatic rings. The SMILES string of the molecule is CC(C)Cn1ncnc1CC(=O)C1CCC1. The summed E-state index contributed by atoms with van der Waals surface area (Å²) in [5, 5.41) is 4.17. The Kier molecular flexibility index (Phi) is 3.36. The van der Waals surface area contributed by atoms with Crippen molar-refractivity contribution in [3.8, 4) is 0 Å². The maximum absolute atomic E-state index is 11.8. The maximum atomic E-state index is 11.8. The highest BCUT2D eigenvalue weighted by atomic mass is 16.1. The molecular weight excluding hydrogens is 202 g/mol. The number of nitrogens with zero attached hydrogens (tertiary/aromatic N) is 3. The van der Waals surface area contributed by atoms with Gasteiger partial charge >= 0.3 is 0 Å². The van der Waals surface area contributed by atoms with Crippen molar-refractivity contribution in [2.24, 2.45) is 11.8 Å². The summed E-state index contributed by atoms with van der Waals surface area (Å²) in [6.45, 7) is 5.12. The lowest BCUT2D eigenvalue weighted by atomic mass is 9.81. The Morgan fingerprint density at radius 1 is 1.56 bits per heavy atom. The zero-order chi connectivity index (χ0) is 11.5. The Balaban J connectivity index is 1.97. The quantitative estimate of drug-likeness (QED) is 0.762. The lowest BCUT2D eigenvalue weighted by Gasteiger charge is -2.23. The van der Waals surface area contributed by atoms with Crippen molar-refractivity contribution < 1.29 is 4.79 Å². The molecule has 0 bridgehead atoms. The van der Waals surface area contributed by atoms with Crippen LogP contribution in [0.15, 0.2) is 6.33 Å². The van der Waals surface area contributed by atoms with Crippen LogP contribution in [0.25, 0.3) is 0 Å². The molecule has 1 saturated carbocycles. The Bertz CT molecular complexity index is 366. The molecule has 1 heterocycles. The highest BCUT2D eigenvalue weighted by Gasteiger charge is 2.26. The first-order valence-corrected chi connectivity index (χ1v) is 6.06. The van der Waals surface area contributed by atoms with E-state index in [4.69, 9.17) is 0 Å². The van der Waals surface area contributed by atoms with Gasteiger partial charge < -0.3 is 0 Å². The van der Waals surface area contributed by atoms with Crippen LogP contribution in [-0.4, -0.2) is 20.5 Å². The van der Waals surface area contributed by atoms with Crippen LogP contribution in [0.3, 0.4) is 0 Å². The topological polar surface area (TPSA) is 47.8 Å². The molecule has 0 spiro atoms. The smallest absolute Gasteiger partial charge is 0.143 e. The minimum atomic E-state index is 0.296. The molecule has 88 valence electrons. The second kappa shape index (κ2) is 4.76. The van der Waals surface area contributed by atoms with Gasteiger partial charge in [-0.3, -0.25) is 4.79 Å². The molecule has 4 nitrogen and oxygen atoms in total. The third kappa shape index (κ3) is 2.49. The highest BCUT2D eigenvalue weighted by Crippen LogP contribution is 2.27. The first kappa shape index (κ1) is 11.3. The van der Waals surface area contributed by atoms with Crippen LogP contribution in [0.1, 0.15) is 38.9 Å². The summed E-state index contributed by atoms with van der Waals surface area (Å²) in [7, 11) is 0. The van der Waals surface area contributed by atoms with Gasteiger partial charge in [0, 0.05) is 12.5 Å². The van der Waals surface area contributed by atoms with E-state index in [9.17, 15) is 4.79 Å². The third-order valence-electron chi connectivity index (χ3n) is 3.13. The zero-order valence-electron chi connectivity index (χ0n) is 10.0. The number of carbonyl (C=O) groups excluding carboxylic acids is 1. The number of Topliss-reactive ketones (excluding diaryl/α,β-unsaturated/α-hetero) is 1. The lowest BCUT2D eigenvalue weighted by molar-refractivity contribution is -0.124. The van der Waals surface area contributed by atoms with E-state index in [0.29, 0.717) is 24.0 Å². The highest BCUT2D eigenvalue weighted by molar-refractivity contribution is 5.83. The van der Waals surface area contributed by atoms with E-state index in [1.165, 1.54) is 6.42 Å². The van der Waals surface area contributed by atoms with Crippen LogP contribution in [-0.2, 0) is 17.8 Å². The first-order chi connectivity index (χ1) is 7.66. The van der Waals surface area contributed by atoms with E-state index >= 15 is 0 Å². The average Bonchev–Trinajstić information content (AvgIpc) is 2.48. The second-order valence-electron chi connectivity index (χ2n) is 5.02. The van der Waals surface area contributed by atoms with Crippen LogP contribution >= 0.6 is 0 Å². The van der Waals surface area contributed by atoms with Gasteiger partial charge in [0.15, 0.2) is 0 Å². The number of rotatable bonds is 5. The van der Waals surface area contributed by atoms with Gasteiger partial charge in [0.25, 0.3) is 0 Å². The molecule has 0 unspecified atom stereocenters. The molecule has 1 aromatic heterocycles. The van der Waals surface area contributed by atoms with Gasteiger partial charge in [-0.1, -0.05) is 20.3 Å². The lowest BCUT2D eigenvalue weighted by Crippen LogP contribution is -2.25. The zero-order valence-corrected chi connectivity index (χ0v) is 10.0. The molecule has 2 rings (SSSR count). The summed E-state index contributed by atoms with van der Waals surface area (Å²) >= 11 is 0. The van der Waals surface area contributed by atoms with E-state index in [2.05, 4.69) is 23.9 Å². The van der Waals surface area contributed by atoms with Crippen molar-refractivity contribution in [2.75, 3.05) is 0 Å². The monoisotopic (exact) mass is 221 g/mol. The first-order valence-electron chi connectivity index (χ1n) is 6.06. The molecule has 1 aliphatic carbocycles. The van der Waals surface area contributed by atoms with E-state index in [0.717, 1.165) is 25.2 Å². The second-order valence-corrected chi connectivity index (χ2v) is 5.02. The van der Waals surface area contributed by atoms with Gasteiger partial charge in [-0.2, -0.15) is 5.10 Å². The van der Waals surface area contributed by atoms with Gasteiger partial charge in [-0.05, 0) is 18.8 Å². The molecule has 4 heteroatoms. The average molecular weight is 221 g/mol. The fraction of sp³-hybridized carbons (Fsp3) is 0.750. The van der Waals surface area contributed by atoms with Crippen LogP contribution in [0.5, 0.6) is 0 Å². The number of hydrogen-bond donors (Lipinski definition) is 0. The summed E-state index contributed by atoms with van der Waals surface area (Å²) < 4.78 is 1.86. The normalized spacial score (nSPS) is 16.4. The van der Waals surface area contributed by atoms with Gasteiger partial charge in [-0.25, -0.2) is 9.67 Å². The van der Waals surface area contributed by atoms with E-state index in [1.54, 1.807) is 6.33 Å². The van der Waals surface area contributed by atoms with Crippen molar-refractivity contribution in [3.63, 3.8) is 0 Å². The molecule has 0 saturated heterocycles. The fourth-order valence-corrected chi connectivity index (χ4v) is 1.95. The Hall–Kier alpha value is -1.19. The molecule has 0 N–H and O–H groups in total. The third-order valence-corrected chi connectivity index (χ3v) is 3.13. The summed E-state index contributed by atoms with van der Waals surface area (Å²) in [6.07, 6.45) is 5.34. The van der Waals surface area contributed by atoms with Crippen LogP contribution in [0.2, 0.25) is 0 Å². The van der Waals surface area contributed by atoms with Crippen molar-refractivity contribution in [1.29, 1.82) is 0 Å². The molecule has 16 heavy (non-hydrogen) atoms. The molecule has 0 atom stereocenters. The van der Waals surface area contributed by atoms with Crippen LogP contribution in [0, 0.1) is 11.8 Å². The summed E-state index contributed by atoms with van der Waals surface area (Å²) in [4.78, 5) is 16.0. The summed E-state index contributed by atoms with van der Waals surface area (Å²) in [5.74, 6) is 1.98. The van der Waals surface area contributed by atoms with E-state index < -0.39 is 0 Å². The van der Waals surface area contributed by atoms with Gasteiger partial charge in [-0.15, -0.1) is 0 Å². The van der Waals surface area contributed by atoms with E-state index in [-0.39, 0.29) is 0 Å². The molecule has 0 aliphatic heterocycles. The standard InChI is InChI=1S/C12H19N3O/c1-9(2)7-15-12(13-8-14-15)6-11(16)10-4-3-5-10/h8-10H,3-7H2,1-2H3. The summed E-state index contributed by atoms with van der Waals surface area (Å²) in [6, 6.07) is 0. The largest absolute Gasteiger partial charge is 0.299 e. The van der Waals surface area contributed by atoms with Crippen molar-refractivity contribution >= 4 is 5.78 Å². The van der Waals surface area contributed by atoms with E-state index in [1.807, 2.05) is 4.68 Å². The van der Waals surface area contributed by atoms with Gasteiger partial charge in [0.05, 0.1) is 6.42 Å². The molecule has 0 aromatic carbocycles. The van der Waals surface area contributed by atoms with Crippen LogP contribution < -0.4 is 0 Å². The number of hydrogen-bond acceptors (Lipinski definition) is 3. The molecule has 1 fully saturated rings.